The fraction of sp³-hybridized carbons (Fsp3) is 1.00. The van der Waals surface area contributed by atoms with Crippen LogP contribution in [0.4, 0.5) is 0 Å². The summed E-state index contributed by atoms with van der Waals surface area (Å²) in [5, 5.41) is 0. The van der Waals surface area contributed by atoms with E-state index >= 15 is 0 Å². The zero-order chi connectivity index (χ0) is 20.4. The van der Waals surface area contributed by atoms with E-state index in [1.54, 1.807) is 0 Å². The minimum atomic E-state index is -1.60. The smallest absolute Gasteiger partial charge is 0.188 e. The lowest BCUT2D eigenvalue weighted by molar-refractivity contribution is 0.523. The molecule has 4 heteroatoms. The van der Waals surface area contributed by atoms with Crippen LogP contribution in [0, 0.1) is 0 Å². The molecular formula is C23H51ClOSi2. The molecule has 0 unspecified atom stereocenters. The Kier molecular flexibility index (Phi) is 18.0. The predicted octanol–water partition coefficient (Wildman–Crippen LogP) is 9.45. The molecule has 27 heavy (non-hydrogen) atoms. The van der Waals surface area contributed by atoms with Gasteiger partial charge in [-0.15, -0.1) is 11.6 Å². The van der Waals surface area contributed by atoms with Crippen molar-refractivity contribution in [2.75, 3.05) is 5.50 Å². The summed E-state index contributed by atoms with van der Waals surface area (Å²) in [6.45, 7) is 11.5. The maximum atomic E-state index is 6.44. The van der Waals surface area contributed by atoms with E-state index in [0.717, 1.165) is 5.50 Å². The Morgan fingerprint density at radius 2 is 0.852 bits per heavy atom. The van der Waals surface area contributed by atoms with Crippen LogP contribution in [0.25, 0.3) is 0 Å². The first kappa shape index (κ1) is 27.7. The fourth-order valence-corrected chi connectivity index (χ4v) is 12.1. The third kappa shape index (κ3) is 19.8. The Morgan fingerprint density at radius 3 is 1.19 bits per heavy atom. The van der Waals surface area contributed by atoms with Gasteiger partial charge in [-0.05, 0) is 32.2 Å². The third-order valence-corrected chi connectivity index (χ3v) is 14.1. The summed E-state index contributed by atoms with van der Waals surface area (Å²) in [7, 11) is -3.09. The Labute approximate surface area is 179 Å². The van der Waals surface area contributed by atoms with Gasteiger partial charge in [0, 0.05) is 5.50 Å². The van der Waals surface area contributed by atoms with Crippen LogP contribution in [-0.4, -0.2) is 22.1 Å². The van der Waals surface area contributed by atoms with Crippen molar-refractivity contribution in [3.05, 3.63) is 0 Å². The average molecular weight is 435 g/mol. The van der Waals surface area contributed by atoms with E-state index in [1.807, 2.05) is 0 Å². The molecule has 0 amide bonds. The van der Waals surface area contributed by atoms with Gasteiger partial charge in [-0.1, -0.05) is 110 Å². The zero-order valence-electron chi connectivity index (χ0n) is 19.5. The molecule has 0 aliphatic heterocycles. The molecule has 164 valence electrons. The summed E-state index contributed by atoms with van der Waals surface area (Å²) in [6.07, 6.45) is 23.0. The van der Waals surface area contributed by atoms with Crippen molar-refractivity contribution in [1.82, 2.24) is 0 Å². The summed E-state index contributed by atoms with van der Waals surface area (Å²) >= 11 is 6.06. The van der Waals surface area contributed by atoms with E-state index < -0.39 is 16.6 Å². The minimum Gasteiger partial charge on any atom is -0.455 e. The minimum absolute atomic E-state index is 0.725. The highest BCUT2D eigenvalue weighted by atomic mass is 35.5. The molecule has 0 radical (unpaired) electrons. The molecular weight excluding hydrogens is 384 g/mol. The second-order valence-corrected chi connectivity index (χ2v) is 19.2. The first-order valence-electron chi connectivity index (χ1n) is 12.1. The molecule has 0 fully saturated rings. The summed E-state index contributed by atoms with van der Waals surface area (Å²) in [5.74, 6) is 0. The second-order valence-electron chi connectivity index (χ2n) is 9.81. The summed E-state index contributed by atoms with van der Waals surface area (Å²) in [4.78, 5) is 0. The van der Waals surface area contributed by atoms with E-state index in [4.69, 9.17) is 15.7 Å². The average Bonchev–Trinajstić information content (AvgIpc) is 2.60. The van der Waals surface area contributed by atoms with Gasteiger partial charge in [0.15, 0.2) is 16.6 Å². The first-order valence-corrected chi connectivity index (χ1v) is 18.9. The number of rotatable bonds is 20. The van der Waals surface area contributed by atoms with E-state index in [-0.39, 0.29) is 0 Å². The van der Waals surface area contributed by atoms with Crippen molar-refractivity contribution in [1.29, 1.82) is 0 Å². The van der Waals surface area contributed by atoms with Gasteiger partial charge in [0.2, 0.25) is 0 Å². The largest absolute Gasteiger partial charge is 0.455 e. The normalized spacial score (nSPS) is 12.7. The first-order chi connectivity index (χ1) is 12.8. The molecule has 0 saturated heterocycles. The third-order valence-electron chi connectivity index (χ3n) is 5.51. The molecule has 0 rings (SSSR count). The topological polar surface area (TPSA) is 9.23 Å². The van der Waals surface area contributed by atoms with Gasteiger partial charge in [0.05, 0.1) is 0 Å². The van der Waals surface area contributed by atoms with E-state index in [2.05, 4.69) is 33.1 Å². The van der Waals surface area contributed by atoms with Crippen LogP contribution >= 0.6 is 11.6 Å². The van der Waals surface area contributed by atoms with Gasteiger partial charge in [0.25, 0.3) is 0 Å². The highest BCUT2D eigenvalue weighted by molar-refractivity contribution is 6.87. The molecule has 0 aliphatic rings. The van der Waals surface area contributed by atoms with Gasteiger partial charge >= 0.3 is 0 Å². The lowest BCUT2D eigenvalue weighted by atomic mass is 10.0. The summed E-state index contributed by atoms with van der Waals surface area (Å²) in [5.41, 5.74) is 0.725. The molecule has 0 heterocycles. The standard InChI is InChI=1S/C23H51ClOSi2/c1-6-7-8-9-10-11-12-13-14-15-16-17-18-19-20-21-22-26(2,3)25-27(4,5)23-24/h6-23H2,1-5H3. The zero-order valence-corrected chi connectivity index (χ0v) is 22.3. The summed E-state index contributed by atoms with van der Waals surface area (Å²) < 4.78 is 6.44. The van der Waals surface area contributed by atoms with Crippen LogP contribution in [0.5, 0.6) is 0 Å². The summed E-state index contributed by atoms with van der Waals surface area (Å²) in [6, 6.07) is 1.30. The van der Waals surface area contributed by atoms with Crippen LogP contribution in [0.2, 0.25) is 32.2 Å². The highest BCUT2D eigenvalue weighted by Gasteiger charge is 2.31. The van der Waals surface area contributed by atoms with Crippen molar-refractivity contribution in [3.63, 3.8) is 0 Å². The van der Waals surface area contributed by atoms with Crippen molar-refractivity contribution < 1.29 is 4.12 Å². The van der Waals surface area contributed by atoms with Crippen LogP contribution < -0.4 is 0 Å². The lowest BCUT2D eigenvalue weighted by Gasteiger charge is -2.32. The monoisotopic (exact) mass is 434 g/mol. The molecule has 0 atom stereocenters. The van der Waals surface area contributed by atoms with Gasteiger partial charge < -0.3 is 4.12 Å². The molecule has 0 spiro atoms. The molecule has 0 N–H and O–H groups in total. The Bertz CT molecular complexity index is 322. The van der Waals surface area contributed by atoms with Crippen LogP contribution in [0.1, 0.15) is 110 Å². The van der Waals surface area contributed by atoms with Crippen LogP contribution in [0.15, 0.2) is 0 Å². The van der Waals surface area contributed by atoms with E-state index in [0.29, 0.717) is 0 Å². The van der Waals surface area contributed by atoms with Crippen molar-refractivity contribution in [2.45, 2.75) is 142 Å². The maximum Gasteiger partial charge on any atom is 0.188 e. The van der Waals surface area contributed by atoms with Gasteiger partial charge in [-0.3, -0.25) is 0 Å². The molecule has 1 nitrogen and oxygen atoms in total. The number of halogens is 1. The number of hydrogen-bond donors (Lipinski definition) is 0. The quantitative estimate of drug-likeness (QED) is 0.105. The van der Waals surface area contributed by atoms with Gasteiger partial charge in [0.1, 0.15) is 0 Å². The van der Waals surface area contributed by atoms with E-state index in [9.17, 15) is 0 Å². The fourth-order valence-electron chi connectivity index (χ4n) is 3.93. The molecule has 0 aromatic heterocycles. The molecule has 0 aromatic rings. The number of hydrogen-bond acceptors (Lipinski definition) is 1. The Hall–Kier alpha value is 0.684. The maximum absolute atomic E-state index is 6.44. The van der Waals surface area contributed by atoms with Crippen molar-refractivity contribution in [3.8, 4) is 0 Å². The number of unbranched alkanes of at least 4 members (excludes halogenated alkanes) is 15. The lowest BCUT2D eigenvalue weighted by Crippen LogP contribution is -2.45. The molecule has 0 saturated carbocycles. The predicted molar refractivity (Wildman–Crippen MR) is 131 cm³/mol. The van der Waals surface area contributed by atoms with Crippen LogP contribution in [0.3, 0.4) is 0 Å². The Morgan fingerprint density at radius 1 is 0.519 bits per heavy atom. The van der Waals surface area contributed by atoms with Crippen molar-refractivity contribution >= 4 is 28.2 Å². The molecule has 0 bridgehead atoms. The SMILES string of the molecule is CCCCCCCCCCCCCCCCCC[Si](C)(C)O[Si](C)(C)CCl. The van der Waals surface area contributed by atoms with Gasteiger partial charge in [-0.25, -0.2) is 0 Å². The van der Waals surface area contributed by atoms with Crippen molar-refractivity contribution in [2.24, 2.45) is 0 Å². The van der Waals surface area contributed by atoms with E-state index in [1.165, 1.54) is 109 Å². The second kappa shape index (κ2) is 17.5. The molecule has 0 aromatic carbocycles. The van der Waals surface area contributed by atoms with Gasteiger partial charge in [-0.2, -0.15) is 0 Å². The molecule has 0 aliphatic carbocycles. The number of alkyl halides is 1. The highest BCUT2D eigenvalue weighted by Crippen LogP contribution is 2.22. The van der Waals surface area contributed by atoms with Crippen LogP contribution in [-0.2, 0) is 4.12 Å². The Balaban J connectivity index is 3.31.